The second kappa shape index (κ2) is 8.96. The highest BCUT2D eigenvalue weighted by Crippen LogP contribution is 2.31. The van der Waals surface area contributed by atoms with Crippen LogP contribution in [0, 0.1) is 5.41 Å². The summed E-state index contributed by atoms with van der Waals surface area (Å²) >= 11 is 4.73. The van der Waals surface area contributed by atoms with Crippen LogP contribution in [0.1, 0.15) is 31.2 Å². The van der Waals surface area contributed by atoms with Crippen LogP contribution in [-0.4, -0.2) is 65.0 Å². The molecule has 3 heterocycles. The first kappa shape index (κ1) is 21.8. The molecule has 2 amide bonds. The second-order valence-corrected chi connectivity index (χ2v) is 9.63. The predicted molar refractivity (Wildman–Crippen MR) is 129 cm³/mol. The van der Waals surface area contributed by atoms with Gasteiger partial charge in [0, 0.05) is 31.7 Å². The monoisotopic (exact) mass is 502 g/mol. The number of hydrogen-bond donors (Lipinski definition) is 1. The van der Waals surface area contributed by atoms with Gasteiger partial charge in [0.05, 0.1) is 17.7 Å². The Morgan fingerprint density at radius 3 is 2.71 bits per heavy atom. The zero-order valence-electron chi connectivity index (χ0n) is 17.4. The molecule has 4 rings (SSSR count). The number of carbonyl (C=O) groups excluding carboxylic acids is 2. The minimum Gasteiger partial charge on any atom is -0.377 e. The summed E-state index contributed by atoms with van der Waals surface area (Å²) in [5.74, 6) is -0.475. The molecule has 0 radical (unpaired) electrons. The lowest BCUT2D eigenvalue weighted by molar-refractivity contribution is -0.130. The quantitative estimate of drug-likeness (QED) is 0.635. The van der Waals surface area contributed by atoms with Crippen molar-refractivity contribution in [3.05, 3.63) is 33.8 Å². The zero-order valence-corrected chi connectivity index (χ0v) is 19.8. The van der Waals surface area contributed by atoms with E-state index in [9.17, 15) is 9.59 Å². The van der Waals surface area contributed by atoms with Crippen molar-refractivity contribution in [3.63, 3.8) is 0 Å². The number of amides is 2. The Kier molecular flexibility index (Phi) is 6.29. The van der Waals surface area contributed by atoms with Crippen molar-refractivity contribution in [3.8, 4) is 0 Å². The number of piperidine rings is 1. The van der Waals surface area contributed by atoms with Crippen LogP contribution in [0.2, 0.25) is 0 Å². The van der Waals surface area contributed by atoms with Crippen molar-refractivity contribution < 1.29 is 9.59 Å². The molecule has 0 bridgehead atoms. The summed E-state index contributed by atoms with van der Waals surface area (Å²) < 4.78 is 0.888. The summed E-state index contributed by atoms with van der Waals surface area (Å²) in [4.78, 5) is 33.1. The molecule has 0 unspecified atom stereocenters. The van der Waals surface area contributed by atoms with Crippen LogP contribution in [0.4, 0.5) is 5.69 Å². The Morgan fingerprint density at radius 1 is 1.29 bits per heavy atom. The van der Waals surface area contributed by atoms with Crippen molar-refractivity contribution in [2.24, 2.45) is 10.1 Å². The number of anilines is 1. The van der Waals surface area contributed by atoms with E-state index in [1.165, 1.54) is 16.8 Å². The Balaban J connectivity index is 1.53. The molecule has 8 nitrogen and oxygen atoms in total. The number of hydrazone groups is 1. The lowest BCUT2D eigenvalue weighted by atomic mass is 10.1. The van der Waals surface area contributed by atoms with E-state index in [4.69, 9.17) is 5.41 Å². The van der Waals surface area contributed by atoms with Gasteiger partial charge in [0.2, 0.25) is 11.1 Å². The maximum atomic E-state index is 12.6. The number of fused-ring (bicyclic) bond motifs is 1. The van der Waals surface area contributed by atoms with E-state index in [0.29, 0.717) is 10.2 Å². The molecule has 162 valence electrons. The van der Waals surface area contributed by atoms with Gasteiger partial charge in [-0.15, -0.1) is 0 Å². The van der Waals surface area contributed by atoms with E-state index in [1.807, 2.05) is 42.1 Å². The van der Waals surface area contributed by atoms with Gasteiger partial charge < -0.3 is 9.80 Å². The smallest absolute Gasteiger partial charge is 0.283 e. The van der Waals surface area contributed by atoms with Crippen LogP contribution < -0.4 is 4.90 Å². The highest BCUT2D eigenvalue weighted by molar-refractivity contribution is 9.10. The fourth-order valence-corrected chi connectivity index (χ4v) is 5.26. The summed E-state index contributed by atoms with van der Waals surface area (Å²) in [6, 6.07) is 5.72. The van der Waals surface area contributed by atoms with Crippen LogP contribution in [0.15, 0.2) is 38.3 Å². The van der Waals surface area contributed by atoms with E-state index in [-0.39, 0.29) is 23.7 Å². The van der Waals surface area contributed by atoms with Gasteiger partial charge in [-0.25, -0.2) is 0 Å². The zero-order chi connectivity index (χ0) is 22.1. The maximum absolute atomic E-state index is 12.6. The van der Waals surface area contributed by atoms with Gasteiger partial charge in [0.25, 0.3) is 5.91 Å². The number of benzene rings is 1. The summed E-state index contributed by atoms with van der Waals surface area (Å²) in [7, 11) is 3.90. The van der Waals surface area contributed by atoms with E-state index < -0.39 is 5.91 Å². The van der Waals surface area contributed by atoms with Gasteiger partial charge >= 0.3 is 0 Å². The number of amidine groups is 2. The lowest BCUT2D eigenvalue weighted by Gasteiger charge is -2.26. The third-order valence-electron chi connectivity index (χ3n) is 5.27. The first-order valence-electron chi connectivity index (χ1n) is 10.1. The molecule has 1 fully saturated rings. The fourth-order valence-electron chi connectivity index (χ4n) is 3.63. The van der Waals surface area contributed by atoms with Gasteiger partial charge in [0.15, 0.2) is 5.84 Å². The number of likely N-dealkylation sites (tertiary alicyclic amines) is 1. The van der Waals surface area contributed by atoms with Gasteiger partial charge in [-0.3, -0.25) is 15.0 Å². The standard InChI is InChI=1S/C21H23BrN6O2S/c1-26(2)16-7-6-13(11-15(16)22)10-14-19(23)28-21(24-20(14)30)31-17(25-28)12-18(29)27-8-4-3-5-9-27/h6-7,10-11,23H,3-5,8-9,12H2,1-2H3/b14-10-,23-19?. The largest absolute Gasteiger partial charge is 0.377 e. The number of rotatable bonds is 4. The molecule has 1 N–H and O–H groups in total. The van der Waals surface area contributed by atoms with E-state index in [2.05, 4.69) is 26.0 Å². The highest BCUT2D eigenvalue weighted by Gasteiger charge is 2.36. The van der Waals surface area contributed by atoms with Gasteiger partial charge in [0.1, 0.15) is 5.04 Å². The number of nitrogens with one attached hydrogen (secondary N) is 1. The van der Waals surface area contributed by atoms with Gasteiger partial charge in [-0.2, -0.15) is 15.1 Å². The normalized spacial score (nSPS) is 20.0. The third kappa shape index (κ3) is 4.59. The van der Waals surface area contributed by atoms with Crippen molar-refractivity contribution in [2.45, 2.75) is 25.7 Å². The number of aliphatic imine (C=N–C) groups is 1. The third-order valence-corrected chi connectivity index (χ3v) is 6.82. The number of carbonyl (C=O) groups is 2. The molecule has 10 heteroatoms. The molecule has 3 aliphatic rings. The van der Waals surface area contributed by atoms with E-state index in [1.54, 1.807) is 6.08 Å². The Bertz CT molecular complexity index is 1040. The average molecular weight is 503 g/mol. The molecular formula is C21H23BrN6O2S. The first-order valence-corrected chi connectivity index (χ1v) is 11.7. The highest BCUT2D eigenvalue weighted by atomic mass is 79.9. The average Bonchev–Trinajstić information content (AvgIpc) is 3.14. The molecule has 0 aliphatic carbocycles. The van der Waals surface area contributed by atoms with Gasteiger partial charge in [-0.1, -0.05) is 6.07 Å². The molecule has 0 saturated carbocycles. The van der Waals surface area contributed by atoms with Crippen LogP contribution in [0.5, 0.6) is 0 Å². The van der Waals surface area contributed by atoms with Crippen LogP contribution in [-0.2, 0) is 9.59 Å². The molecule has 31 heavy (non-hydrogen) atoms. The Labute approximate surface area is 193 Å². The first-order chi connectivity index (χ1) is 14.8. The molecule has 0 aromatic heterocycles. The van der Waals surface area contributed by atoms with Crippen LogP contribution >= 0.6 is 27.7 Å². The number of nitrogens with zero attached hydrogens (tertiary/aromatic N) is 5. The number of thioether (sulfide) groups is 1. The topological polar surface area (TPSA) is 92.4 Å². The van der Waals surface area contributed by atoms with Crippen molar-refractivity contribution in [2.75, 3.05) is 32.1 Å². The van der Waals surface area contributed by atoms with E-state index in [0.717, 1.165) is 48.1 Å². The molecule has 3 aliphatic heterocycles. The van der Waals surface area contributed by atoms with Gasteiger partial charge in [-0.05, 0) is 70.7 Å². The molecule has 1 aromatic carbocycles. The predicted octanol–water partition coefficient (Wildman–Crippen LogP) is 3.54. The number of halogens is 1. The van der Waals surface area contributed by atoms with Crippen LogP contribution in [0.3, 0.4) is 0 Å². The van der Waals surface area contributed by atoms with Crippen LogP contribution in [0.25, 0.3) is 6.08 Å². The second-order valence-electron chi connectivity index (χ2n) is 7.74. The summed E-state index contributed by atoms with van der Waals surface area (Å²) in [5, 5.41) is 15.2. The summed E-state index contributed by atoms with van der Waals surface area (Å²) in [6.07, 6.45) is 5.03. The minimum absolute atomic E-state index is 0.0317. The van der Waals surface area contributed by atoms with Crippen molar-refractivity contribution in [1.29, 1.82) is 5.41 Å². The van der Waals surface area contributed by atoms with Crippen molar-refractivity contribution in [1.82, 2.24) is 9.91 Å². The molecule has 0 atom stereocenters. The lowest BCUT2D eigenvalue weighted by Crippen LogP contribution is -2.36. The molecule has 0 spiro atoms. The molecule has 1 aromatic rings. The summed E-state index contributed by atoms with van der Waals surface area (Å²) in [5.41, 5.74) is 1.96. The number of hydrogen-bond acceptors (Lipinski definition) is 6. The fraction of sp³-hybridized carbons (Fsp3) is 0.381. The SMILES string of the molecule is CN(C)c1ccc(/C=C2/C(=N)N3N=C(CC(=O)N4CCCCC4)SC3=NC2=O)cc1Br. The maximum Gasteiger partial charge on any atom is 0.283 e. The molecular weight excluding hydrogens is 480 g/mol. The minimum atomic E-state index is -0.477. The van der Waals surface area contributed by atoms with E-state index >= 15 is 0 Å². The molecule has 1 saturated heterocycles. The Morgan fingerprint density at radius 2 is 2.03 bits per heavy atom. The Hall–Kier alpha value is -2.46. The summed E-state index contributed by atoms with van der Waals surface area (Å²) in [6.45, 7) is 1.57. The van der Waals surface area contributed by atoms with Crippen molar-refractivity contribution >= 4 is 67.3 Å².